The summed E-state index contributed by atoms with van der Waals surface area (Å²) < 4.78 is 30.7. The molecule has 1 aromatic heterocycles. The highest BCUT2D eigenvalue weighted by Crippen LogP contribution is 2.13. The first kappa shape index (κ1) is 16.3. The van der Waals surface area contributed by atoms with Gasteiger partial charge in [0.25, 0.3) is 10.0 Å². The van der Waals surface area contributed by atoms with Crippen LogP contribution in [0.15, 0.2) is 36.0 Å². The van der Waals surface area contributed by atoms with Gasteiger partial charge in [-0.15, -0.1) is 6.58 Å². The number of aromatic carboxylic acids is 1. The Balaban J connectivity index is 3.05. The first-order chi connectivity index (χ1) is 9.43. The van der Waals surface area contributed by atoms with Gasteiger partial charge in [-0.25, -0.2) is 18.2 Å². The number of rotatable bonds is 8. The molecule has 0 saturated carbocycles. The van der Waals surface area contributed by atoms with E-state index < -0.39 is 16.0 Å². The predicted octanol–water partition coefficient (Wildman–Crippen LogP) is 0.603. The minimum Gasteiger partial charge on any atom is -0.478 e. The van der Waals surface area contributed by atoms with Gasteiger partial charge in [-0.05, 0) is 12.1 Å². The van der Waals surface area contributed by atoms with E-state index in [1.54, 1.807) is 0 Å². The predicted molar refractivity (Wildman–Crippen MR) is 72.0 cm³/mol. The summed E-state index contributed by atoms with van der Waals surface area (Å²) in [4.78, 5) is 14.4. The second-order valence-corrected chi connectivity index (χ2v) is 5.72. The SMILES string of the molecule is C=CCN(CCOC)S(=O)(=O)c1ccc(C(=O)O)cn1. The number of pyridine rings is 1. The average Bonchev–Trinajstić information content (AvgIpc) is 2.43. The third-order valence-corrected chi connectivity index (χ3v) is 4.25. The molecule has 0 aromatic carbocycles. The molecule has 1 heterocycles. The molecule has 0 spiro atoms. The number of carboxylic acids is 1. The molecule has 0 atom stereocenters. The number of carboxylic acid groups (broad SMARTS) is 1. The lowest BCUT2D eigenvalue weighted by atomic mass is 10.3. The number of nitrogens with zero attached hydrogens (tertiary/aromatic N) is 2. The Kier molecular flexibility index (Phi) is 5.81. The van der Waals surface area contributed by atoms with Crippen LogP contribution in [0.25, 0.3) is 0 Å². The number of ether oxygens (including phenoxy) is 1. The van der Waals surface area contributed by atoms with Crippen molar-refractivity contribution in [1.82, 2.24) is 9.29 Å². The number of methoxy groups -OCH3 is 1. The molecule has 0 unspecified atom stereocenters. The minimum atomic E-state index is -3.80. The third kappa shape index (κ3) is 3.86. The van der Waals surface area contributed by atoms with Crippen molar-refractivity contribution in [3.63, 3.8) is 0 Å². The van der Waals surface area contributed by atoms with Crippen LogP contribution in [0.1, 0.15) is 10.4 Å². The number of carbonyl (C=O) groups is 1. The Morgan fingerprint density at radius 3 is 2.70 bits per heavy atom. The van der Waals surface area contributed by atoms with E-state index in [4.69, 9.17) is 9.84 Å². The van der Waals surface area contributed by atoms with Gasteiger partial charge in [0, 0.05) is 26.4 Å². The Bertz CT molecular complexity index is 568. The van der Waals surface area contributed by atoms with Crippen molar-refractivity contribution < 1.29 is 23.1 Å². The lowest BCUT2D eigenvalue weighted by Crippen LogP contribution is -2.34. The van der Waals surface area contributed by atoms with Crippen molar-refractivity contribution in [3.8, 4) is 0 Å². The molecule has 0 radical (unpaired) electrons. The molecule has 0 fully saturated rings. The molecule has 0 bridgehead atoms. The van der Waals surface area contributed by atoms with Crippen molar-refractivity contribution in [1.29, 1.82) is 0 Å². The van der Waals surface area contributed by atoms with Crippen LogP contribution >= 0.6 is 0 Å². The number of hydrogen-bond acceptors (Lipinski definition) is 5. The molecule has 0 saturated heterocycles. The lowest BCUT2D eigenvalue weighted by Gasteiger charge is -2.19. The molecule has 0 aliphatic rings. The number of aromatic nitrogens is 1. The van der Waals surface area contributed by atoms with Gasteiger partial charge in [0.05, 0.1) is 12.2 Å². The fraction of sp³-hybridized carbons (Fsp3) is 0.333. The third-order valence-electron chi connectivity index (χ3n) is 2.47. The van der Waals surface area contributed by atoms with Crippen LogP contribution in [0.3, 0.4) is 0 Å². The van der Waals surface area contributed by atoms with Crippen molar-refractivity contribution in [2.75, 3.05) is 26.8 Å². The largest absolute Gasteiger partial charge is 0.478 e. The Hall–Kier alpha value is -1.77. The van der Waals surface area contributed by atoms with E-state index in [1.807, 2.05) is 0 Å². The summed E-state index contributed by atoms with van der Waals surface area (Å²) >= 11 is 0. The number of sulfonamides is 1. The Morgan fingerprint density at radius 1 is 1.55 bits per heavy atom. The van der Waals surface area contributed by atoms with E-state index in [1.165, 1.54) is 25.3 Å². The molecule has 1 N–H and O–H groups in total. The molecular formula is C12H16N2O5S. The minimum absolute atomic E-state index is 0.0730. The van der Waals surface area contributed by atoms with Gasteiger partial charge in [-0.2, -0.15) is 4.31 Å². The van der Waals surface area contributed by atoms with E-state index in [0.29, 0.717) is 0 Å². The molecule has 0 aliphatic carbocycles. The van der Waals surface area contributed by atoms with Crippen LogP contribution in [-0.2, 0) is 14.8 Å². The van der Waals surface area contributed by atoms with Gasteiger partial charge in [0.1, 0.15) is 0 Å². The zero-order valence-electron chi connectivity index (χ0n) is 11.0. The number of hydrogen-bond donors (Lipinski definition) is 1. The molecule has 1 aromatic rings. The van der Waals surface area contributed by atoms with Crippen LogP contribution in [0, 0.1) is 0 Å². The zero-order chi connectivity index (χ0) is 15.2. The van der Waals surface area contributed by atoms with E-state index in [9.17, 15) is 13.2 Å². The molecule has 1 rings (SSSR count). The van der Waals surface area contributed by atoms with E-state index in [2.05, 4.69) is 11.6 Å². The van der Waals surface area contributed by atoms with Crippen molar-refractivity contribution >= 4 is 16.0 Å². The maximum atomic E-state index is 12.3. The van der Waals surface area contributed by atoms with Gasteiger partial charge in [-0.1, -0.05) is 6.08 Å². The Morgan fingerprint density at radius 2 is 2.25 bits per heavy atom. The zero-order valence-corrected chi connectivity index (χ0v) is 11.8. The smallest absolute Gasteiger partial charge is 0.337 e. The standard InChI is InChI=1S/C12H16N2O5S/c1-3-6-14(7-8-19-2)20(17,18)11-5-4-10(9-13-11)12(15)16/h3-5,9H,1,6-8H2,2H3,(H,15,16). The summed E-state index contributed by atoms with van der Waals surface area (Å²) in [5.74, 6) is -1.16. The molecule has 110 valence electrons. The van der Waals surface area contributed by atoms with Gasteiger partial charge in [0.15, 0.2) is 5.03 Å². The maximum absolute atomic E-state index is 12.3. The van der Waals surface area contributed by atoms with Crippen LogP contribution in [0.2, 0.25) is 0 Å². The summed E-state index contributed by atoms with van der Waals surface area (Å²) in [5.41, 5.74) is -0.0730. The van der Waals surface area contributed by atoms with Crippen LogP contribution < -0.4 is 0 Å². The summed E-state index contributed by atoms with van der Waals surface area (Å²) in [7, 11) is -2.33. The topological polar surface area (TPSA) is 96.8 Å². The van der Waals surface area contributed by atoms with E-state index >= 15 is 0 Å². The summed E-state index contributed by atoms with van der Waals surface area (Å²) in [6.07, 6.45) is 2.47. The molecule has 0 amide bonds. The molecule has 7 nitrogen and oxygen atoms in total. The van der Waals surface area contributed by atoms with E-state index in [-0.39, 0.29) is 30.3 Å². The molecule has 20 heavy (non-hydrogen) atoms. The fourth-order valence-corrected chi connectivity index (χ4v) is 2.75. The second kappa shape index (κ2) is 7.13. The normalized spacial score (nSPS) is 11.5. The van der Waals surface area contributed by atoms with Crippen molar-refractivity contribution in [2.45, 2.75) is 5.03 Å². The van der Waals surface area contributed by atoms with Gasteiger partial charge >= 0.3 is 5.97 Å². The highest BCUT2D eigenvalue weighted by Gasteiger charge is 2.24. The summed E-state index contributed by atoms with van der Waals surface area (Å²) in [5, 5.41) is 8.55. The van der Waals surface area contributed by atoms with Gasteiger partial charge in [0.2, 0.25) is 0 Å². The van der Waals surface area contributed by atoms with E-state index in [0.717, 1.165) is 10.5 Å². The van der Waals surface area contributed by atoms with Crippen LogP contribution in [-0.4, -0.2) is 55.6 Å². The quantitative estimate of drug-likeness (QED) is 0.706. The average molecular weight is 300 g/mol. The van der Waals surface area contributed by atoms with Crippen LogP contribution in [0.4, 0.5) is 0 Å². The van der Waals surface area contributed by atoms with Crippen LogP contribution in [0.5, 0.6) is 0 Å². The molecule has 0 aliphatic heterocycles. The first-order valence-electron chi connectivity index (χ1n) is 5.72. The highest BCUT2D eigenvalue weighted by atomic mass is 32.2. The Labute approximate surface area is 117 Å². The van der Waals surface area contributed by atoms with Crippen molar-refractivity contribution in [2.24, 2.45) is 0 Å². The maximum Gasteiger partial charge on any atom is 0.337 e. The van der Waals surface area contributed by atoms with Crippen molar-refractivity contribution in [3.05, 3.63) is 36.5 Å². The summed E-state index contributed by atoms with van der Waals surface area (Å²) in [6, 6.07) is 2.37. The second-order valence-electron chi connectivity index (χ2n) is 3.83. The van der Waals surface area contributed by atoms with Gasteiger partial charge in [-0.3, -0.25) is 0 Å². The van der Waals surface area contributed by atoms with Gasteiger partial charge < -0.3 is 9.84 Å². The molecular weight excluding hydrogens is 284 g/mol. The highest BCUT2D eigenvalue weighted by molar-refractivity contribution is 7.89. The monoisotopic (exact) mass is 300 g/mol. The fourth-order valence-electron chi connectivity index (χ4n) is 1.44. The summed E-state index contributed by atoms with van der Waals surface area (Å²) in [6.45, 7) is 4.02. The molecule has 8 heteroatoms. The first-order valence-corrected chi connectivity index (χ1v) is 7.16. The lowest BCUT2D eigenvalue weighted by molar-refractivity contribution is 0.0696.